The quantitative estimate of drug-likeness (QED) is 0.0233. The fraction of sp³-hybridized carbons (Fsp3) is 0.600. The van der Waals surface area contributed by atoms with Crippen molar-refractivity contribution in [1.82, 2.24) is 78.8 Å². The monoisotopic (exact) mass is 1600 g/mol. The van der Waals surface area contributed by atoms with Crippen molar-refractivity contribution in [3.8, 4) is 0 Å². The number of benzene rings is 1. The number of unbranched alkanes of at least 4 members (excludes halogenated alkanes) is 4. The number of carbonyl (C=O) groups is 17. The predicted molar refractivity (Wildman–Crippen MR) is 405 cm³/mol. The molecule has 0 saturated heterocycles. The van der Waals surface area contributed by atoms with Gasteiger partial charge in [-0.3, -0.25) is 76.7 Å². The number of carboxylic acids is 2. The minimum atomic E-state index is -2.13. The summed E-state index contributed by atoms with van der Waals surface area (Å²) in [6.07, 6.45) is 0.323. The summed E-state index contributed by atoms with van der Waals surface area (Å²) in [4.78, 5) is 241. The van der Waals surface area contributed by atoms with Crippen molar-refractivity contribution in [2.45, 2.75) is 228 Å². The summed E-state index contributed by atoms with van der Waals surface area (Å²) in [5.74, 6) is -20.3. The molecule has 0 aliphatic carbocycles. The molecule has 0 aliphatic heterocycles. The van der Waals surface area contributed by atoms with Crippen LogP contribution >= 0.6 is 0 Å². The molecule has 43 heteroatoms. The Bertz CT molecular complexity index is 3690. The first-order valence-corrected chi connectivity index (χ1v) is 37.2. The van der Waals surface area contributed by atoms with Crippen LogP contribution in [0.3, 0.4) is 0 Å². The molecule has 15 amide bonds. The Balaban J connectivity index is 2.04. The summed E-state index contributed by atoms with van der Waals surface area (Å²) in [6.45, 7) is 4.46. The number of rotatable bonds is 57. The number of nitrogens with two attached hydrogens (primary N) is 8. The average Bonchev–Trinajstić information content (AvgIpc) is 1.71. The van der Waals surface area contributed by atoms with Gasteiger partial charge in [-0.25, -0.2) is 9.78 Å². The summed E-state index contributed by atoms with van der Waals surface area (Å²) in [7, 11) is 0. The second-order valence-electron chi connectivity index (χ2n) is 27.3. The van der Waals surface area contributed by atoms with E-state index in [1.165, 1.54) is 25.6 Å². The number of hydrogen-bond donors (Lipinski definition) is 25. The van der Waals surface area contributed by atoms with Crippen molar-refractivity contribution < 1.29 is 96.8 Å². The molecule has 33 N–H and O–H groups in total. The molecule has 0 unspecified atom stereocenters. The number of primary amides is 3. The zero-order valence-electron chi connectivity index (χ0n) is 63.6. The van der Waals surface area contributed by atoms with Gasteiger partial charge < -0.3 is 135 Å². The molecular weight excluding hydrogens is 1480 g/mol. The first-order valence-electron chi connectivity index (χ1n) is 37.2. The van der Waals surface area contributed by atoms with Crippen molar-refractivity contribution >= 4 is 111 Å². The number of hydrogen-bond acceptors (Lipinski definition) is 24. The maximum Gasteiger partial charge on any atom is 0.326 e. The van der Waals surface area contributed by atoms with Gasteiger partial charge in [-0.1, -0.05) is 44.9 Å². The number of fused-ring (bicyclic) bond motifs is 1. The van der Waals surface area contributed by atoms with Gasteiger partial charge in [-0.2, -0.15) is 0 Å². The van der Waals surface area contributed by atoms with E-state index in [1.54, 1.807) is 31.2 Å². The number of amides is 15. The standard InChI is InChI=1S/C70H113N23O20/c1-4-36(2)57(68(110)93-58(37(3)94)69(111)86-46(70(112)113)21-22-52(76)95)92-67(109)50(30-54(78)97)90-64(106)48(28-39-33-79-35-82-39)88-61(103)45(20-10-14-26-74)85-63(105)47(27-38-32-80-42-17-6-5-15-40(38)42)87-66(108)51(31-56(99)100)91-65(107)49(29-53(77)96)89-62(104)44(19-9-13-25-73)84-60(102)43(18-8-12-24-72)83-55(98)34-81-59(101)41(75)16-7-11-23-71/h5-6,15,17,32-33,35-37,41,43-51,57-58,80,94H,4,7-14,16,18-31,34,71-75H2,1-3H3,(H2,76,95)(H2,77,96)(H2,78,97)(H,79,82)(H,81,101)(H,83,98)(H,84,102)(H,85,105)(H,86,111)(H,87,108)(H,88,103)(H,89,104)(H,90,106)(H,91,107)(H,92,109)(H,93,110)(H,99,100)(H,112,113)/t36-,37+,41-,43-,44-,45-,46-,47-,48-,49-,50-,51-,57-,58-/m0/s1. The van der Waals surface area contributed by atoms with Crippen LogP contribution < -0.4 is 110 Å². The van der Waals surface area contributed by atoms with Crippen molar-refractivity contribution in [2.24, 2.45) is 51.8 Å². The van der Waals surface area contributed by atoms with Gasteiger partial charge in [0.1, 0.15) is 66.5 Å². The SMILES string of the molecule is CC[C@H](C)[C@H](NC(=O)[C@H](CC(N)=O)NC(=O)[C@H](Cc1cnc[nH]1)NC(=O)[C@H](CCCCN)NC(=O)[C@H](Cc1c[nH]c2ccccc12)NC(=O)[C@H](CC(=O)O)NC(=O)[C@H](CC(N)=O)NC(=O)[C@H](CCCCN)NC(=O)[C@H](CCCCN)NC(=O)CNC(=O)[C@@H](N)CCCCN)C(=O)N[C@H](C(=O)N[C@@H](CCC(N)=O)C(=O)O)[C@@H](C)O. The summed E-state index contributed by atoms with van der Waals surface area (Å²) in [5.41, 5.74) is 46.3. The van der Waals surface area contributed by atoms with Crippen molar-refractivity contribution in [3.05, 3.63) is 54.2 Å². The highest BCUT2D eigenvalue weighted by atomic mass is 16.4. The maximum absolute atomic E-state index is 15.1. The number of aromatic nitrogens is 3. The number of imidazole rings is 1. The zero-order valence-corrected chi connectivity index (χ0v) is 63.6. The Labute approximate surface area is 651 Å². The third-order valence-electron chi connectivity index (χ3n) is 18.1. The van der Waals surface area contributed by atoms with E-state index >= 15 is 4.79 Å². The summed E-state index contributed by atoms with van der Waals surface area (Å²) in [6, 6.07) is -13.4. The van der Waals surface area contributed by atoms with E-state index in [2.05, 4.69) is 78.8 Å². The molecule has 2 heterocycles. The van der Waals surface area contributed by atoms with E-state index in [4.69, 9.17) is 45.9 Å². The lowest BCUT2D eigenvalue weighted by Gasteiger charge is -2.30. The molecule has 3 rings (SSSR count). The lowest BCUT2D eigenvalue weighted by Crippen LogP contribution is -2.62. The number of aliphatic hydroxyl groups excluding tert-OH is 1. The number of H-pyrrole nitrogens is 2. The molecule has 0 radical (unpaired) electrons. The van der Waals surface area contributed by atoms with Crippen LogP contribution in [0.4, 0.5) is 0 Å². The van der Waals surface area contributed by atoms with Gasteiger partial charge >= 0.3 is 11.9 Å². The van der Waals surface area contributed by atoms with E-state index in [1.807, 2.05) is 0 Å². The third kappa shape index (κ3) is 34.9. The maximum atomic E-state index is 15.1. The summed E-state index contributed by atoms with van der Waals surface area (Å²) >= 11 is 0. The molecule has 0 aliphatic rings. The Morgan fingerprint density at radius 2 is 0.867 bits per heavy atom. The Morgan fingerprint density at radius 1 is 0.451 bits per heavy atom. The number of para-hydroxylation sites is 1. The van der Waals surface area contributed by atoms with E-state index in [0.29, 0.717) is 61.5 Å². The van der Waals surface area contributed by atoms with Crippen LogP contribution in [0.25, 0.3) is 10.9 Å². The molecule has 2 aromatic heterocycles. The number of aliphatic carboxylic acids is 2. The molecule has 628 valence electrons. The Hall–Kier alpha value is -11.3. The van der Waals surface area contributed by atoms with Gasteiger partial charge in [-0.05, 0) is 128 Å². The molecule has 1 aromatic carbocycles. The average molecular weight is 1600 g/mol. The lowest BCUT2D eigenvalue weighted by atomic mass is 9.96. The second kappa shape index (κ2) is 50.6. The number of nitrogens with zero attached hydrogens (tertiary/aromatic N) is 1. The molecule has 14 atom stereocenters. The van der Waals surface area contributed by atoms with Gasteiger partial charge in [0.15, 0.2) is 0 Å². The normalized spacial score (nSPS) is 14.9. The molecule has 0 bridgehead atoms. The Morgan fingerprint density at radius 3 is 1.32 bits per heavy atom. The van der Waals surface area contributed by atoms with Crippen LogP contribution in [0.15, 0.2) is 43.0 Å². The number of aromatic amines is 2. The predicted octanol–water partition coefficient (Wildman–Crippen LogP) is -8.03. The Kier molecular flexibility index (Phi) is 42.9. The van der Waals surface area contributed by atoms with Gasteiger partial charge in [0.2, 0.25) is 88.6 Å². The van der Waals surface area contributed by atoms with Crippen molar-refractivity contribution in [2.75, 3.05) is 32.7 Å². The molecule has 0 saturated carbocycles. The highest BCUT2D eigenvalue weighted by molar-refractivity contribution is 6.02. The zero-order chi connectivity index (χ0) is 84.4. The molecular formula is C70H113N23O20. The number of nitrogens with one attached hydrogen (secondary N) is 14. The van der Waals surface area contributed by atoms with Crippen LogP contribution in [-0.4, -0.2) is 242 Å². The number of carboxylic acid groups (broad SMARTS) is 2. The van der Waals surface area contributed by atoms with Crippen molar-refractivity contribution in [1.29, 1.82) is 0 Å². The number of aliphatic hydroxyl groups is 1. The van der Waals surface area contributed by atoms with E-state index in [0.717, 1.165) is 6.92 Å². The minimum Gasteiger partial charge on any atom is -0.481 e. The van der Waals surface area contributed by atoms with Crippen LogP contribution in [0.1, 0.15) is 148 Å². The largest absolute Gasteiger partial charge is 0.481 e. The minimum absolute atomic E-state index is 0.00192. The van der Waals surface area contributed by atoms with Crippen molar-refractivity contribution in [3.63, 3.8) is 0 Å². The summed E-state index contributed by atoms with van der Waals surface area (Å²) < 4.78 is 0. The van der Waals surface area contributed by atoms with E-state index in [9.17, 15) is 92.0 Å². The summed E-state index contributed by atoms with van der Waals surface area (Å²) in [5, 5.41) is 60.0. The van der Waals surface area contributed by atoms with Crippen LogP contribution in [0.5, 0.6) is 0 Å². The second-order valence-corrected chi connectivity index (χ2v) is 27.3. The van der Waals surface area contributed by atoms with Crippen LogP contribution in [0, 0.1) is 5.92 Å². The highest BCUT2D eigenvalue weighted by Gasteiger charge is 2.40. The third-order valence-corrected chi connectivity index (χ3v) is 18.1. The van der Waals surface area contributed by atoms with Gasteiger partial charge in [0.25, 0.3) is 0 Å². The van der Waals surface area contributed by atoms with E-state index in [-0.39, 0.29) is 70.3 Å². The fourth-order valence-electron chi connectivity index (χ4n) is 11.5. The van der Waals surface area contributed by atoms with Gasteiger partial charge in [-0.15, -0.1) is 0 Å². The molecule has 43 nitrogen and oxygen atoms in total. The first-order chi connectivity index (χ1) is 53.6. The highest BCUT2D eigenvalue weighted by Crippen LogP contribution is 2.21. The topological polar surface area (TPSA) is 748 Å². The van der Waals surface area contributed by atoms with Crippen LogP contribution in [-0.2, 0) is 94.3 Å². The smallest absolute Gasteiger partial charge is 0.326 e. The van der Waals surface area contributed by atoms with Gasteiger partial charge in [0.05, 0.1) is 44.3 Å². The molecule has 113 heavy (non-hydrogen) atoms. The molecule has 3 aromatic rings. The van der Waals surface area contributed by atoms with Gasteiger partial charge in [0, 0.05) is 48.3 Å². The molecule has 0 spiro atoms. The molecule has 0 fully saturated rings. The first kappa shape index (κ1) is 95.9. The fourth-order valence-corrected chi connectivity index (χ4v) is 11.5. The van der Waals surface area contributed by atoms with E-state index < -0.39 is 237 Å². The van der Waals surface area contributed by atoms with Crippen LogP contribution in [0.2, 0.25) is 0 Å². The number of carbonyl (C=O) groups excluding carboxylic acids is 15. The lowest BCUT2D eigenvalue weighted by molar-refractivity contribution is -0.143.